The molecule has 0 spiro atoms. The molecule has 0 aliphatic carbocycles. The Hall–Kier alpha value is -0.0400. The molecule has 0 bridgehead atoms. The van der Waals surface area contributed by atoms with E-state index in [1.807, 2.05) is 0 Å². The Bertz CT molecular complexity index is 196. The first-order chi connectivity index (χ1) is 6.44. The van der Waals surface area contributed by atoms with E-state index in [2.05, 4.69) is 55.4 Å². The first kappa shape index (κ1) is 15.0. The fourth-order valence-corrected chi connectivity index (χ4v) is 2.54. The van der Waals surface area contributed by atoms with Crippen LogP contribution in [0, 0.1) is 16.7 Å². The zero-order chi connectivity index (χ0) is 12.5. The van der Waals surface area contributed by atoms with Crippen LogP contribution in [0.2, 0.25) is 0 Å². The Labute approximate surface area is 96.8 Å². The fraction of sp³-hybridized carbons (Fsp3) is 1.00. The molecule has 1 heteroatoms. The standard InChI is InChI=1S/C14H31N/c1-9-11(2)14(7,8)12(3,4)10-13(5,6)15/h11H,9-10,15H2,1-8H3. The van der Waals surface area contributed by atoms with Crippen molar-refractivity contribution in [3.05, 3.63) is 0 Å². The maximum Gasteiger partial charge on any atom is 0.0102 e. The van der Waals surface area contributed by atoms with Crippen molar-refractivity contribution in [3.8, 4) is 0 Å². The topological polar surface area (TPSA) is 26.0 Å². The van der Waals surface area contributed by atoms with Gasteiger partial charge in [-0.15, -0.1) is 0 Å². The van der Waals surface area contributed by atoms with Gasteiger partial charge < -0.3 is 5.73 Å². The Balaban J connectivity index is 4.84. The summed E-state index contributed by atoms with van der Waals surface area (Å²) in [5.74, 6) is 0.731. The lowest BCUT2D eigenvalue weighted by Crippen LogP contribution is -2.45. The van der Waals surface area contributed by atoms with Gasteiger partial charge in [0.1, 0.15) is 0 Å². The van der Waals surface area contributed by atoms with E-state index in [1.165, 1.54) is 6.42 Å². The van der Waals surface area contributed by atoms with Crippen molar-refractivity contribution in [1.29, 1.82) is 0 Å². The largest absolute Gasteiger partial charge is 0.326 e. The lowest BCUT2D eigenvalue weighted by Gasteiger charge is -2.48. The summed E-state index contributed by atoms with van der Waals surface area (Å²) in [6.07, 6.45) is 2.30. The number of nitrogens with two attached hydrogens (primary N) is 1. The normalized spacial score (nSPS) is 16.6. The number of hydrogen-bond donors (Lipinski definition) is 1. The first-order valence-corrected chi connectivity index (χ1v) is 6.23. The van der Waals surface area contributed by atoms with Gasteiger partial charge in [0.05, 0.1) is 0 Å². The van der Waals surface area contributed by atoms with Gasteiger partial charge in [0.15, 0.2) is 0 Å². The molecule has 0 aliphatic rings. The molecule has 0 fully saturated rings. The molecule has 0 saturated heterocycles. The molecule has 0 aromatic rings. The summed E-state index contributed by atoms with van der Waals surface area (Å²) < 4.78 is 0. The van der Waals surface area contributed by atoms with Crippen LogP contribution >= 0.6 is 0 Å². The van der Waals surface area contributed by atoms with Crippen LogP contribution in [0.15, 0.2) is 0 Å². The number of hydrogen-bond acceptors (Lipinski definition) is 1. The van der Waals surface area contributed by atoms with Crippen molar-refractivity contribution in [1.82, 2.24) is 0 Å². The predicted octanol–water partition coefficient (Wildman–Crippen LogP) is 4.21. The summed E-state index contributed by atoms with van der Waals surface area (Å²) >= 11 is 0. The molecule has 0 heterocycles. The molecule has 92 valence electrons. The lowest BCUT2D eigenvalue weighted by atomic mass is 9.57. The Morgan fingerprint density at radius 1 is 1.00 bits per heavy atom. The van der Waals surface area contributed by atoms with Gasteiger partial charge >= 0.3 is 0 Å². The Morgan fingerprint density at radius 2 is 1.40 bits per heavy atom. The van der Waals surface area contributed by atoms with E-state index in [1.54, 1.807) is 0 Å². The molecule has 0 aromatic heterocycles. The highest BCUT2D eigenvalue weighted by Gasteiger charge is 2.42. The molecule has 0 amide bonds. The zero-order valence-corrected chi connectivity index (χ0v) is 12.1. The van der Waals surface area contributed by atoms with Crippen molar-refractivity contribution in [2.45, 2.75) is 73.8 Å². The van der Waals surface area contributed by atoms with E-state index in [-0.39, 0.29) is 11.0 Å². The van der Waals surface area contributed by atoms with Gasteiger partial charge in [-0.3, -0.25) is 0 Å². The van der Waals surface area contributed by atoms with Crippen LogP contribution in [0.1, 0.15) is 68.2 Å². The third kappa shape index (κ3) is 3.79. The molecule has 0 aromatic carbocycles. The predicted molar refractivity (Wildman–Crippen MR) is 69.9 cm³/mol. The average molecular weight is 213 g/mol. The quantitative estimate of drug-likeness (QED) is 0.727. The second-order valence-electron chi connectivity index (χ2n) is 7.08. The molecule has 0 rings (SSSR count). The van der Waals surface area contributed by atoms with Gasteiger partial charge in [0, 0.05) is 5.54 Å². The molecular weight excluding hydrogens is 182 g/mol. The van der Waals surface area contributed by atoms with E-state index in [0.29, 0.717) is 5.41 Å². The van der Waals surface area contributed by atoms with Gasteiger partial charge in [0.2, 0.25) is 0 Å². The van der Waals surface area contributed by atoms with Crippen LogP contribution in [-0.4, -0.2) is 5.54 Å². The minimum atomic E-state index is -0.0752. The molecule has 0 radical (unpaired) electrons. The summed E-state index contributed by atoms with van der Waals surface area (Å²) in [6.45, 7) is 18.4. The summed E-state index contributed by atoms with van der Waals surface area (Å²) in [6, 6.07) is 0. The van der Waals surface area contributed by atoms with Gasteiger partial charge in [-0.2, -0.15) is 0 Å². The Kier molecular flexibility index (Phi) is 4.44. The SMILES string of the molecule is CCC(C)C(C)(C)C(C)(C)CC(C)(C)N. The summed E-state index contributed by atoms with van der Waals surface area (Å²) in [7, 11) is 0. The fourth-order valence-electron chi connectivity index (χ4n) is 2.54. The first-order valence-electron chi connectivity index (χ1n) is 6.23. The molecule has 1 unspecified atom stereocenters. The summed E-state index contributed by atoms with van der Waals surface area (Å²) in [4.78, 5) is 0. The highest BCUT2D eigenvalue weighted by molar-refractivity contribution is 4.94. The van der Waals surface area contributed by atoms with Gasteiger partial charge in [-0.25, -0.2) is 0 Å². The van der Waals surface area contributed by atoms with Crippen molar-refractivity contribution >= 4 is 0 Å². The molecule has 2 N–H and O–H groups in total. The molecule has 1 atom stereocenters. The molecule has 15 heavy (non-hydrogen) atoms. The summed E-state index contributed by atoms with van der Waals surface area (Å²) in [5.41, 5.74) is 6.69. The highest BCUT2D eigenvalue weighted by atomic mass is 14.7. The zero-order valence-electron chi connectivity index (χ0n) is 12.1. The van der Waals surface area contributed by atoms with Crippen LogP contribution in [0.5, 0.6) is 0 Å². The minimum absolute atomic E-state index is 0.0752. The van der Waals surface area contributed by atoms with Crippen LogP contribution in [0.4, 0.5) is 0 Å². The summed E-state index contributed by atoms with van der Waals surface area (Å²) in [5, 5.41) is 0. The van der Waals surface area contributed by atoms with Crippen LogP contribution in [0.3, 0.4) is 0 Å². The van der Waals surface area contributed by atoms with E-state index >= 15 is 0 Å². The highest BCUT2D eigenvalue weighted by Crippen LogP contribution is 2.49. The second-order valence-corrected chi connectivity index (χ2v) is 7.08. The minimum Gasteiger partial charge on any atom is -0.326 e. The average Bonchev–Trinajstić information content (AvgIpc) is 1.97. The van der Waals surface area contributed by atoms with Crippen molar-refractivity contribution in [2.75, 3.05) is 0 Å². The monoisotopic (exact) mass is 213 g/mol. The smallest absolute Gasteiger partial charge is 0.0102 e. The third-order valence-corrected chi connectivity index (χ3v) is 4.49. The van der Waals surface area contributed by atoms with Crippen LogP contribution in [-0.2, 0) is 0 Å². The Morgan fingerprint density at radius 3 is 1.67 bits per heavy atom. The second kappa shape index (κ2) is 4.45. The molecular formula is C14H31N. The maximum absolute atomic E-state index is 6.16. The molecule has 0 saturated carbocycles. The molecule has 0 aliphatic heterocycles. The van der Waals surface area contributed by atoms with Gasteiger partial charge in [-0.05, 0) is 37.0 Å². The third-order valence-electron chi connectivity index (χ3n) is 4.49. The van der Waals surface area contributed by atoms with Crippen molar-refractivity contribution in [2.24, 2.45) is 22.5 Å². The van der Waals surface area contributed by atoms with E-state index in [9.17, 15) is 0 Å². The van der Waals surface area contributed by atoms with Gasteiger partial charge in [-0.1, -0.05) is 48.0 Å². The van der Waals surface area contributed by atoms with Gasteiger partial charge in [0.25, 0.3) is 0 Å². The molecule has 1 nitrogen and oxygen atoms in total. The number of rotatable bonds is 5. The van der Waals surface area contributed by atoms with Crippen LogP contribution < -0.4 is 5.73 Å². The van der Waals surface area contributed by atoms with Crippen LogP contribution in [0.25, 0.3) is 0 Å². The van der Waals surface area contributed by atoms with E-state index in [0.717, 1.165) is 12.3 Å². The van der Waals surface area contributed by atoms with Crippen molar-refractivity contribution < 1.29 is 0 Å². The van der Waals surface area contributed by atoms with Crippen molar-refractivity contribution in [3.63, 3.8) is 0 Å². The van der Waals surface area contributed by atoms with E-state index in [4.69, 9.17) is 5.73 Å². The maximum atomic E-state index is 6.16. The van der Waals surface area contributed by atoms with E-state index < -0.39 is 0 Å². The lowest BCUT2D eigenvalue weighted by molar-refractivity contribution is 0.0222.